The zero-order valence-electron chi connectivity index (χ0n) is 20.1. The summed E-state index contributed by atoms with van der Waals surface area (Å²) in [7, 11) is 0. The summed E-state index contributed by atoms with van der Waals surface area (Å²) in [5.41, 5.74) is 0. The lowest BCUT2D eigenvalue weighted by Crippen LogP contribution is -2.59. The third-order valence-corrected chi connectivity index (χ3v) is 5.94. The van der Waals surface area contributed by atoms with E-state index in [2.05, 4.69) is 0 Å². The summed E-state index contributed by atoms with van der Waals surface area (Å²) in [6.45, 7) is 4.55. The van der Waals surface area contributed by atoms with Gasteiger partial charge in [0.05, 0.1) is 5.92 Å². The maximum Gasteiger partial charge on any atom is 0.303 e. The monoisotopic (exact) mass is 517 g/mol. The van der Waals surface area contributed by atoms with Gasteiger partial charge >= 0.3 is 29.8 Å². The summed E-state index contributed by atoms with van der Waals surface area (Å²) in [4.78, 5) is 70.9. The Hall–Kier alpha value is -3.33. The van der Waals surface area contributed by atoms with Crippen LogP contribution < -0.4 is 0 Å². The molecule has 0 radical (unpaired) electrons. The average molecular weight is 517 g/mol. The van der Waals surface area contributed by atoms with Crippen LogP contribution in [0.2, 0.25) is 0 Å². The second kappa shape index (κ2) is 10.7. The Kier molecular flexibility index (Phi) is 8.13. The Morgan fingerprint density at radius 2 is 1.22 bits per heavy atom. The molecule has 0 unspecified atom stereocenters. The fourth-order valence-electron chi connectivity index (χ4n) is 4.86. The van der Waals surface area contributed by atoms with Crippen molar-refractivity contribution in [1.82, 2.24) is 0 Å². The number of nitrogens with zero attached hydrogens (tertiary/aromatic N) is 1. The van der Waals surface area contributed by atoms with Crippen LogP contribution in [0.4, 0.5) is 0 Å². The SMILES string of the molecule is CC(=O)OC[C@@H](OC(C)=O)[C@@H](OC(C)=O)[C@H](OC(C)=O)[C@H](OC(C)=O)[C@H]1[C@@H]2O[C@@H]([C@H]3O[C@H]32)[C@@H]1[N+](=O)[O-]. The van der Waals surface area contributed by atoms with E-state index in [1.165, 1.54) is 0 Å². The van der Waals surface area contributed by atoms with Gasteiger partial charge in [-0.15, -0.1) is 0 Å². The van der Waals surface area contributed by atoms with Crippen molar-refractivity contribution in [2.24, 2.45) is 5.92 Å². The van der Waals surface area contributed by atoms with Gasteiger partial charge in [0.25, 0.3) is 6.04 Å². The van der Waals surface area contributed by atoms with Crippen LogP contribution in [0.15, 0.2) is 0 Å². The summed E-state index contributed by atoms with van der Waals surface area (Å²) in [5.74, 6) is -5.55. The molecule has 3 rings (SSSR count). The first-order chi connectivity index (χ1) is 16.8. The first kappa shape index (κ1) is 27.3. The number of ether oxygens (including phenoxy) is 7. The Labute approximate surface area is 204 Å². The van der Waals surface area contributed by atoms with Crippen molar-refractivity contribution in [3.05, 3.63) is 10.1 Å². The first-order valence-corrected chi connectivity index (χ1v) is 11.1. The highest BCUT2D eigenvalue weighted by Crippen LogP contribution is 2.54. The summed E-state index contributed by atoms with van der Waals surface area (Å²) in [5, 5.41) is 12.0. The Morgan fingerprint density at radius 1 is 0.722 bits per heavy atom. The van der Waals surface area contributed by atoms with Crippen molar-refractivity contribution in [3.63, 3.8) is 0 Å². The second-order valence-corrected chi connectivity index (χ2v) is 8.66. The molecule has 3 saturated heterocycles. The molecule has 3 aliphatic heterocycles. The summed E-state index contributed by atoms with van der Waals surface area (Å²) in [6, 6.07) is -1.42. The molecule has 0 N–H and O–H groups in total. The Balaban J connectivity index is 2.08. The van der Waals surface area contributed by atoms with E-state index in [1.807, 2.05) is 0 Å². The van der Waals surface area contributed by atoms with Crippen LogP contribution >= 0.6 is 0 Å². The minimum Gasteiger partial charge on any atom is -0.462 e. The topological polar surface area (TPSA) is 196 Å². The molecule has 15 nitrogen and oxygen atoms in total. The smallest absolute Gasteiger partial charge is 0.303 e. The highest BCUT2D eigenvalue weighted by atomic mass is 16.7. The van der Waals surface area contributed by atoms with Gasteiger partial charge in [-0.3, -0.25) is 34.1 Å². The van der Waals surface area contributed by atoms with Crippen molar-refractivity contribution in [2.75, 3.05) is 6.61 Å². The molecule has 0 spiro atoms. The minimum absolute atomic E-state index is 0.492. The highest BCUT2D eigenvalue weighted by molar-refractivity contribution is 5.69. The number of carbonyl (C=O) groups excluding carboxylic acids is 5. The highest BCUT2D eigenvalue weighted by Gasteiger charge is 2.76. The van der Waals surface area contributed by atoms with E-state index in [4.69, 9.17) is 33.2 Å². The zero-order valence-corrected chi connectivity index (χ0v) is 20.1. The number of fused-ring (bicyclic) bond motifs is 5. The molecular formula is C21H27NO14. The lowest BCUT2D eigenvalue weighted by molar-refractivity contribution is -0.538. The van der Waals surface area contributed by atoms with Crippen molar-refractivity contribution < 1.29 is 62.1 Å². The van der Waals surface area contributed by atoms with Gasteiger partial charge in [0, 0.05) is 39.5 Å². The van der Waals surface area contributed by atoms with E-state index in [-0.39, 0.29) is 0 Å². The summed E-state index contributed by atoms with van der Waals surface area (Å²) in [6.07, 6.45) is -9.36. The molecule has 0 aliphatic carbocycles. The van der Waals surface area contributed by atoms with E-state index in [0.717, 1.165) is 34.6 Å². The molecule has 0 aromatic carbocycles. The van der Waals surface area contributed by atoms with Gasteiger partial charge < -0.3 is 33.2 Å². The van der Waals surface area contributed by atoms with Crippen molar-refractivity contribution in [1.29, 1.82) is 0 Å². The molecule has 36 heavy (non-hydrogen) atoms. The third kappa shape index (κ3) is 5.90. The Bertz CT molecular complexity index is 936. The van der Waals surface area contributed by atoms with Crippen LogP contribution in [-0.2, 0) is 57.1 Å². The number of hydrogen-bond donors (Lipinski definition) is 0. The number of epoxide rings is 1. The van der Waals surface area contributed by atoms with Gasteiger partial charge in [-0.2, -0.15) is 0 Å². The van der Waals surface area contributed by atoms with E-state index in [1.54, 1.807) is 0 Å². The quantitative estimate of drug-likeness (QED) is 0.107. The fraction of sp³-hybridized carbons (Fsp3) is 0.762. The van der Waals surface area contributed by atoms with Gasteiger partial charge in [-0.1, -0.05) is 0 Å². The van der Waals surface area contributed by atoms with Crippen LogP contribution in [-0.4, -0.2) is 96.3 Å². The van der Waals surface area contributed by atoms with Crippen molar-refractivity contribution in [2.45, 2.75) is 89.5 Å². The van der Waals surface area contributed by atoms with Gasteiger partial charge in [0.15, 0.2) is 30.5 Å². The lowest BCUT2D eigenvalue weighted by Gasteiger charge is -2.38. The van der Waals surface area contributed by atoms with E-state index in [9.17, 15) is 34.1 Å². The number of hydrogen-bond acceptors (Lipinski definition) is 14. The second-order valence-electron chi connectivity index (χ2n) is 8.66. The van der Waals surface area contributed by atoms with Gasteiger partial charge in [0.1, 0.15) is 24.9 Å². The third-order valence-electron chi connectivity index (χ3n) is 5.94. The van der Waals surface area contributed by atoms with Gasteiger partial charge in [-0.25, -0.2) is 0 Å². The first-order valence-electron chi connectivity index (χ1n) is 11.1. The predicted molar refractivity (Wildman–Crippen MR) is 110 cm³/mol. The molecule has 0 aromatic rings. The molecule has 3 aliphatic rings. The van der Waals surface area contributed by atoms with Crippen LogP contribution in [0, 0.1) is 16.0 Å². The molecule has 10 atom stereocenters. The lowest BCUT2D eigenvalue weighted by atomic mass is 9.78. The molecular weight excluding hydrogens is 490 g/mol. The summed E-state index contributed by atoms with van der Waals surface area (Å²) < 4.78 is 37.5. The number of esters is 5. The maximum absolute atomic E-state index is 12.1. The van der Waals surface area contributed by atoms with Crippen molar-refractivity contribution >= 4 is 29.8 Å². The molecule has 15 heteroatoms. The fourth-order valence-corrected chi connectivity index (χ4v) is 4.86. The molecule has 200 valence electrons. The van der Waals surface area contributed by atoms with E-state index >= 15 is 0 Å². The van der Waals surface area contributed by atoms with E-state index < -0.39 is 102 Å². The predicted octanol–water partition coefficient (Wildman–Crippen LogP) is -0.914. The van der Waals surface area contributed by atoms with Crippen LogP contribution in [0.3, 0.4) is 0 Å². The zero-order chi connectivity index (χ0) is 26.9. The largest absolute Gasteiger partial charge is 0.462 e. The maximum atomic E-state index is 12.1. The van der Waals surface area contributed by atoms with Crippen LogP contribution in [0.1, 0.15) is 34.6 Å². The van der Waals surface area contributed by atoms with Gasteiger partial charge in [-0.05, 0) is 0 Å². The summed E-state index contributed by atoms with van der Waals surface area (Å²) >= 11 is 0. The standard InChI is InChI=1S/C21H27NO14/c1-7(23)30-6-12(31-8(2)24)15(32-9(3)25)19(34-11(5)27)16(33-10(4)26)13-14(22(28)29)18-21-20(36-21)17(13)35-18/h12-21H,6H2,1-5H3/t12-,13+,14-,15-,16-,17+,18-,19+,20+,21-/m1/s1. The Morgan fingerprint density at radius 3 is 1.72 bits per heavy atom. The van der Waals surface area contributed by atoms with Gasteiger partial charge in [0.2, 0.25) is 0 Å². The van der Waals surface area contributed by atoms with Crippen molar-refractivity contribution in [3.8, 4) is 0 Å². The number of nitro groups is 1. The molecule has 2 bridgehead atoms. The average Bonchev–Trinajstić information content (AvgIpc) is 3.35. The minimum atomic E-state index is -1.72. The van der Waals surface area contributed by atoms with Crippen LogP contribution in [0.5, 0.6) is 0 Å². The molecule has 0 aromatic heterocycles. The van der Waals surface area contributed by atoms with Crippen LogP contribution in [0.25, 0.3) is 0 Å². The number of rotatable bonds is 11. The molecule has 3 fully saturated rings. The normalized spacial score (nSPS) is 30.6. The molecule has 3 heterocycles. The molecule has 0 amide bonds. The number of carbonyl (C=O) groups is 5. The van der Waals surface area contributed by atoms with E-state index in [0.29, 0.717) is 0 Å². The molecule has 0 saturated carbocycles.